The first-order valence-electron chi connectivity index (χ1n) is 5.59. The summed E-state index contributed by atoms with van der Waals surface area (Å²) < 4.78 is 1.01. The molecule has 1 nitrogen and oxygen atoms in total. The third-order valence-corrected chi connectivity index (χ3v) is 3.71. The fraction of sp³-hybridized carbons (Fsp3) is 0.133. The van der Waals surface area contributed by atoms with Gasteiger partial charge in [-0.15, -0.1) is 0 Å². The van der Waals surface area contributed by atoms with Crippen molar-refractivity contribution < 1.29 is 0 Å². The predicted octanol–water partition coefficient (Wildman–Crippen LogP) is 4.95. The minimum atomic E-state index is -0.169. The smallest absolute Gasteiger partial charge is 0.0753 e. The molecule has 0 saturated heterocycles. The van der Waals surface area contributed by atoms with E-state index in [9.17, 15) is 5.26 Å². The Morgan fingerprint density at radius 3 is 2.39 bits per heavy atom. The molecule has 90 valence electrons. The highest BCUT2D eigenvalue weighted by Crippen LogP contribution is 2.25. The first kappa shape index (κ1) is 13.1. The molecule has 3 heteroatoms. The molecule has 0 spiro atoms. The van der Waals surface area contributed by atoms with Crippen molar-refractivity contribution in [2.24, 2.45) is 0 Å². The fourth-order valence-corrected chi connectivity index (χ4v) is 2.29. The molecule has 1 unspecified atom stereocenters. The Balaban J connectivity index is 2.23. The zero-order valence-corrected chi connectivity index (χ0v) is 11.9. The van der Waals surface area contributed by atoms with E-state index in [1.54, 1.807) is 0 Å². The second kappa shape index (κ2) is 6.04. The Labute approximate surface area is 120 Å². The summed E-state index contributed by atoms with van der Waals surface area (Å²) >= 11 is 9.51. The summed E-state index contributed by atoms with van der Waals surface area (Å²) in [6.07, 6.45) is 0.637. The van der Waals surface area contributed by atoms with Gasteiger partial charge in [-0.1, -0.05) is 57.9 Å². The Kier molecular flexibility index (Phi) is 4.41. The van der Waals surface area contributed by atoms with Crippen molar-refractivity contribution >= 4 is 27.5 Å². The molecule has 0 aliphatic heterocycles. The standard InChI is InChI=1S/C15H11BrClN/c16-14-7-5-11(6-8-14)13(10-18)9-12-3-1-2-4-15(12)17/h1-8,13H,9H2. The Hall–Kier alpha value is -1.30. The zero-order valence-electron chi connectivity index (χ0n) is 9.61. The topological polar surface area (TPSA) is 23.8 Å². The maximum absolute atomic E-state index is 9.30. The molecule has 2 aromatic rings. The fourth-order valence-electron chi connectivity index (χ4n) is 1.82. The van der Waals surface area contributed by atoms with Gasteiger partial charge < -0.3 is 0 Å². The first-order valence-corrected chi connectivity index (χ1v) is 6.76. The summed E-state index contributed by atoms with van der Waals surface area (Å²) in [6.45, 7) is 0. The highest BCUT2D eigenvalue weighted by atomic mass is 79.9. The van der Waals surface area contributed by atoms with Crippen molar-refractivity contribution in [3.63, 3.8) is 0 Å². The Morgan fingerprint density at radius 1 is 1.11 bits per heavy atom. The molecule has 0 amide bonds. The molecular weight excluding hydrogens is 310 g/mol. The van der Waals surface area contributed by atoms with Gasteiger partial charge in [-0.3, -0.25) is 0 Å². The molecule has 0 saturated carbocycles. The van der Waals surface area contributed by atoms with Gasteiger partial charge in [-0.05, 0) is 35.7 Å². The maximum atomic E-state index is 9.30. The highest BCUT2D eigenvalue weighted by Gasteiger charge is 2.13. The quantitative estimate of drug-likeness (QED) is 0.784. The zero-order chi connectivity index (χ0) is 13.0. The molecule has 18 heavy (non-hydrogen) atoms. The molecule has 0 fully saturated rings. The average molecular weight is 321 g/mol. The summed E-state index contributed by atoms with van der Waals surface area (Å²) in [4.78, 5) is 0. The number of rotatable bonds is 3. The predicted molar refractivity (Wildman–Crippen MR) is 77.7 cm³/mol. The number of nitriles is 1. The number of hydrogen-bond donors (Lipinski definition) is 0. The molecule has 0 aromatic heterocycles. The minimum absolute atomic E-state index is 0.169. The van der Waals surface area contributed by atoms with Gasteiger partial charge in [-0.25, -0.2) is 0 Å². The van der Waals surface area contributed by atoms with Gasteiger partial charge in [0.25, 0.3) is 0 Å². The van der Waals surface area contributed by atoms with E-state index in [1.807, 2.05) is 48.5 Å². The molecule has 0 heterocycles. The van der Waals surface area contributed by atoms with Gasteiger partial charge in [0, 0.05) is 9.50 Å². The van der Waals surface area contributed by atoms with Gasteiger partial charge >= 0.3 is 0 Å². The second-order valence-electron chi connectivity index (χ2n) is 4.03. The van der Waals surface area contributed by atoms with Crippen molar-refractivity contribution in [3.05, 3.63) is 69.2 Å². The second-order valence-corrected chi connectivity index (χ2v) is 5.35. The monoisotopic (exact) mass is 319 g/mol. The van der Waals surface area contributed by atoms with Crippen LogP contribution in [0.1, 0.15) is 17.0 Å². The third-order valence-electron chi connectivity index (χ3n) is 2.81. The van der Waals surface area contributed by atoms with Gasteiger partial charge in [-0.2, -0.15) is 5.26 Å². The van der Waals surface area contributed by atoms with E-state index in [0.717, 1.165) is 20.6 Å². The number of benzene rings is 2. The normalized spacial score (nSPS) is 11.8. The van der Waals surface area contributed by atoms with E-state index in [4.69, 9.17) is 11.6 Å². The van der Waals surface area contributed by atoms with E-state index in [2.05, 4.69) is 22.0 Å². The molecule has 0 aliphatic carbocycles. The Morgan fingerprint density at radius 2 is 1.78 bits per heavy atom. The van der Waals surface area contributed by atoms with E-state index in [-0.39, 0.29) is 5.92 Å². The lowest BCUT2D eigenvalue weighted by atomic mass is 9.93. The van der Waals surface area contributed by atoms with Gasteiger partial charge in [0.15, 0.2) is 0 Å². The molecule has 0 aliphatic rings. The van der Waals surface area contributed by atoms with Crippen molar-refractivity contribution in [2.45, 2.75) is 12.3 Å². The van der Waals surface area contributed by atoms with Gasteiger partial charge in [0.1, 0.15) is 0 Å². The summed E-state index contributed by atoms with van der Waals surface area (Å²) in [5.74, 6) is -0.169. The lowest BCUT2D eigenvalue weighted by Gasteiger charge is -2.10. The van der Waals surface area contributed by atoms with Crippen LogP contribution in [0.15, 0.2) is 53.0 Å². The van der Waals surface area contributed by atoms with E-state index < -0.39 is 0 Å². The van der Waals surface area contributed by atoms with Crippen LogP contribution in [0.3, 0.4) is 0 Å². The van der Waals surface area contributed by atoms with Crippen LogP contribution >= 0.6 is 27.5 Å². The lowest BCUT2D eigenvalue weighted by molar-refractivity contribution is 0.849. The third kappa shape index (κ3) is 3.13. The lowest BCUT2D eigenvalue weighted by Crippen LogP contribution is -2.00. The summed E-state index contributed by atoms with van der Waals surface area (Å²) in [7, 11) is 0. The van der Waals surface area contributed by atoms with Crippen LogP contribution in [0.4, 0.5) is 0 Å². The maximum Gasteiger partial charge on any atom is 0.0753 e. The van der Waals surface area contributed by atoms with Crippen molar-refractivity contribution in [1.82, 2.24) is 0 Å². The molecule has 2 rings (SSSR count). The van der Waals surface area contributed by atoms with E-state index >= 15 is 0 Å². The van der Waals surface area contributed by atoms with Crippen LogP contribution in [0.2, 0.25) is 5.02 Å². The summed E-state index contributed by atoms with van der Waals surface area (Å²) in [6, 6.07) is 17.8. The van der Waals surface area contributed by atoms with Gasteiger partial charge in [0.2, 0.25) is 0 Å². The van der Waals surface area contributed by atoms with Crippen LogP contribution in [0.5, 0.6) is 0 Å². The van der Waals surface area contributed by atoms with Crippen LogP contribution in [0.25, 0.3) is 0 Å². The van der Waals surface area contributed by atoms with Crippen LogP contribution in [-0.2, 0) is 6.42 Å². The molecule has 0 bridgehead atoms. The minimum Gasteiger partial charge on any atom is -0.198 e. The SMILES string of the molecule is N#CC(Cc1ccccc1Cl)c1ccc(Br)cc1. The van der Waals surface area contributed by atoms with Crippen molar-refractivity contribution in [1.29, 1.82) is 5.26 Å². The average Bonchev–Trinajstić information content (AvgIpc) is 2.39. The number of nitrogens with zero attached hydrogens (tertiary/aromatic N) is 1. The van der Waals surface area contributed by atoms with Crippen LogP contribution < -0.4 is 0 Å². The largest absolute Gasteiger partial charge is 0.198 e. The van der Waals surface area contributed by atoms with Crippen molar-refractivity contribution in [3.8, 4) is 6.07 Å². The van der Waals surface area contributed by atoms with Crippen molar-refractivity contribution in [2.75, 3.05) is 0 Å². The molecule has 0 N–H and O–H groups in total. The molecule has 0 radical (unpaired) electrons. The molecule has 1 atom stereocenters. The summed E-state index contributed by atoms with van der Waals surface area (Å²) in [5, 5.41) is 10.0. The molecular formula is C15H11BrClN. The number of hydrogen-bond acceptors (Lipinski definition) is 1. The molecule has 2 aromatic carbocycles. The van der Waals surface area contributed by atoms with Crippen LogP contribution in [-0.4, -0.2) is 0 Å². The highest BCUT2D eigenvalue weighted by molar-refractivity contribution is 9.10. The van der Waals surface area contributed by atoms with Gasteiger partial charge in [0.05, 0.1) is 12.0 Å². The van der Waals surface area contributed by atoms with Crippen LogP contribution in [0, 0.1) is 11.3 Å². The van der Waals surface area contributed by atoms with E-state index in [0.29, 0.717) is 6.42 Å². The first-order chi connectivity index (χ1) is 8.70. The summed E-state index contributed by atoms with van der Waals surface area (Å²) in [5.41, 5.74) is 2.02. The number of halogens is 2. The Bertz CT molecular complexity index is 572. The van der Waals surface area contributed by atoms with E-state index in [1.165, 1.54) is 0 Å².